The SMILES string of the molecule is COc1ccc(-c2c(C(=O)O)sc3c2NC(=O)C[C@H]3c2cc(F)ccc2F)cc1. The van der Waals surface area contributed by atoms with Crippen molar-refractivity contribution >= 4 is 28.9 Å². The second-order valence-corrected chi connectivity index (χ2v) is 7.60. The number of halogens is 2. The van der Waals surface area contributed by atoms with Gasteiger partial charge in [0.1, 0.15) is 22.3 Å². The molecule has 4 rings (SSSR count). The molecule has 148 valence electrons. The number of carbonyl (C=O) groups is 2. The predicted molar refractivity (Wildman–Crippen MR) is 105 cm³/mol. The minimum Gasteiger partial charge on any atom is -0.497 e. The van der Waals surface area contributed by atoms with Gasteiger partial charge in [0.15, 0.2) is 0 Å². The Morgan fingerprint density at radius 3 is 2.59 bits per heavy atom. The molecule has 1 atom stereocenters. The number of nitrogens with one attached hydrogen (secondary N) is 1. The van der Waals surface area contributed by atoms with Gasteiger partial charge in [0, 0.05) is 22.8 Å². The van der Waals surface area contributed by atoms with Crippen LogP contribution in [0.15, 0.2) is 42.5 Å². The first-order valence-electron chi connectivity index (χ1n) is 8.68. The molecular formula is C21H15F2NO4S. The summed E-state index contributed by atoms with van der Waals surface area (Å²) in [6.07, 6.45) is -0.102. The average Bonchev–Trinajstić information content (AvgIpc) is 3.09. The van der Waals surface area contributed by atoms with Crippen molar-refractivity contribution in [1.82, 2.24) is 0 Å². The maximum Gasteiger partial charge on any atom is 0.346 e. The van der Waals surface area contributed by atoms with Gasteiger partial charge in [-0.05, 0) is 41.5 Å². The van der Waals surface area contributed by atoms with Gasteiger partial charge < -0.3 is 15.2 Å². The maximum atomic E-state index is 14.4. The number of ether oxygens (including phenoxy) is 1. The summed E-state index contributed by atoms with van der Waals surface area (Å²) < 4.78 is 33.3. The van der Waals surface area contributed by atoms with Crippen LogP contribution < -0.4 is 10.1 Å². The predicted octanol–water partition coefficient (Wildman–Crippen LogP) is 4.87. The molecule has 0 bridgehead atoms. The van der Waals surface area contributed by atoms with E-state index < -0.39 is 29.4 Å². The Labute approximate surface area is 168 Å². The minimum atomic E-state index is -1.16. The van der Waals surface area contributed by atoms with Gasteiger partial charge in [0.05, 0.1) is 12.8 Å². The van der Waals surface area contributed by atoms with Crippen LogP contribution in [-0.4, -0.2) is 24.1 Å². The number of carbonyl (C=O) groups excluding carboxylic acids is 1. The number of rotatable bonds is 4. The molecule has 1 aliphatic rings. The highest BCUT2D eigenvalue weighted by molar-refractivity contribution is 7.15. The van der Waals surface area contributed by atoms with Crippen molar-refractivity contribution in [2.24, 2.45) is 0 Å². The molecule has 1 aliphatic heterocycles. The van der Waals surface area contributed by atoms with E-state index in [-0.39, 0.29) is 16.9 Å². The average molecular weight is 415 g/mol. The molecule has 0 unspecified atom stereocenters. The zero-order chi connectivity index (χ0) is 20.7. The van der Waals surface area contributed by atoms with Crippen LogP contribution in [0.25, 0.3) is 11.1 Å². The third-order valence-corrected chi connectivity index (χ3v) is 6.10. The first-order valence-corrected chi connectivity index (χ1v) is 9.50. The fourth-order valence-corrected chi connectivity index (χ4v) is 4.74. The fraction of sp³-hybridized carbons (Fsp3) is 0.143. The number of anilines is 1. The van der Waals surface area contributed by atoms with Crippen LogP contribution in [0.3, 0.4) is 0 Å². The molecule has 1 amide bonds. The van der Waals surface area contributed by atoms with E-state index >= 15 is 0 Å². The lowest BCUT2D eigenvalue weighted by atomic mass is 9.88. The van der Waals surface area contributed by atoms with E-state index in [1.54, 1.807) is 24.3 Å². The van der Waals surface area contributed by atoms with E-state index in [9.17, 15) is 23.5 Å². The number of carboxylic acids is 1. The highest BCUT2D eigenvalue weighted by atomic mass is 32.1. The highest BCUT2D eigenvalue weighted by Gasteiger charge is 2.35. The van der Waals surface area contributed by atoms with Gasteiger partial charge in [-0.15, -0.1) is 11.3 Å². The lowest BCUT2D eigenvalue weighted by molar-refractivity contribution is -0.116. The van der Waals surface area contributed by atoms with E-state index in [1.807, 2.05) is 0 Å². The lowest BCUT2D eigenvalue weighted by Gasteiger charge is -2.24. The van der Waals surface area contributed by atoms with Crippen molar-refractivity contribution in [1.29, 1.82) is 0 Å². The smallest absolute Gasteiger partial charge is 0.346 e. The molecule has 0 aliphatic carbocycles. The van der Waals surface area contributed by atoms with Gasteiger partial charge in [-0.1, -0.05) is 12.1 Å². The number of benzene rings is 2. The number of hydrogen-bond donors (Lipinski definition) is 2. The molecular weight excluding hydrogens is 400 g/mol. The maximum absolute atomic E-state index is 14.4. The van der Waals surface area contributed by atoms with E-state index in [4.69, 9.17) is 4.74 Å². The Balaban J connectivity index is 1.93. The lowest BCUT2D eigenvalue weighted by Crippen LogP contribution is -2.23. The molecule has 2 heterocycles. The summed E-state index contributed by atoms with van der Waals surface area (Å²) in [5, 5.41) is 12.5. The second kappa shape index (κ2) is 7.29. The van der Waals surface area contributed by atoms with Gasteiger partial charge in [0.2, 0.25) is 5.91 Å². The van der Waals surface area contributed by atoms with Crippen LogP contribution in [-0.2, 0) is 4.79 Å². The van der Waals surface area contributed by atoms with Crippen molar-refractivity contribution in [3.63, 3.8) is 0 Å². The number of hydrogen-bond acceptors (Lipinski definition) is 4. The molecule has 0 fully saturated rings. The van der Waals surface area contributed by atoms with Crippen molar-refractivity contribution in [2.45, 2.75) is 12.3 Å². The largest absolute Gasteiger partial charge is 0.497 e. The first-order chi connectivity index (χ1) is 13.9. The Morgan fingerprint density at radius 1 is 1.21 bits per heavy atom. The van der Waals surface area contributed by atoms with E-state index in [0.29, 0.717) is 27.4 Å². The quantitative estimate of drug-likeness (QED) is 0.637. The van der Waals surface area contributed by atoms with E-state index in [0.717, 1.165) is 29.5 Å². The molecule has 3 aromatic rings. The summed E-state index contributed by atoms with van der Waals surface area (Å²) in [7, 11) is 1.52. The van der Waals surface area contributed by atoms with Crippen molar-refractivity contribution < 1.29 is 28.2 Å². The van der Waals surface area contributed by atoms with Gasteiger partial charge in [-0.2, -0.15) is 0 Å². The standard InChI is InChI=1S/C21H15F2NO4S/c1-28-12-5-2-10(3-6-12)17-18-19(29-20(17)21(26)27)14(9-16(25)24-18)13-8-11(22)4-7-15(13)23/h2-8,14H,9H2,1H3,(H,24,25)(H,26,27)/t14-/m0/s1. The third-order valence-electron chi connectivity index (χ3n) is 4.81. The van der Waals surface area contributed by atoms with Crippen LogP contribution in [0, 0.1) is 11.6 Å². The summed E-state index contributed by atoms with van der Waals surface area (Å²) in [5.41, 5.74) is 1.26. The molecule has 0 saturated heterocycles. The summed E-state index contributed by atoms with van der Waals surface area (Å²) >= 11 is 0.960. The number of carboxylic acid groups (broad SMARTS) is 1. The molecule has 29 heavy (non-hydrogen) atoms. The van der Waals surface area contributed by atoms with Crippen LogP contribution in [0.1, 0.15) is 32.5 Å². The van der Waals surface area contributed by atoms with Gasteiger partial charge in [-0.25, -0.2) is 13.6 Å². The molecule has 0 saturated carbocycles. The number of fused-ring (bicyclic) bond motifs is 1. The minimum absolute atomic E-state index is 0.0178. The zero-order valence-electron chi connectivity index (χ0n) is 15.2. The molecule has 5 nitrogen and oxygen atoms in total. The topological polar surface area (TPSA) is 75.6 Å². The normalized spacial score (nSPS) is 15.6. The molecule has 0 radical (unpaired) electrons. The Morgan fingerprint density at radius 2 is 1.93 bits per heavy atom. The number of amides is 1. The molecule has 2 aromatic carbocycles. The molecule has 8 heteroatoms. The van der Waals surface area contributed by atoms with Crippen molar-refractivity contribution in [3.8, 4) is 16.9 Å². The van der Waals surface area contributed by atoms with Crippen molar-refractivity contribution in [2.75, 3.05) is 12.4 Å². The van der Waals surface area contributed by atoms with Gasteiger partial charge in [-0.3, -0.25) is 4.79 Å². The summed E-state index contributed by atoms with van der Waals surface area (Å²) in [5.74, 6) is -3.01. The number of aromatic carboxylic acids is 1. The second-order valence-electron chi connectivity index (χ2n) is 6.55. The number of methoxy groups -OCH3 is 1. The molecule has 0 spiro atoms. The summed E-state index contributed by atoms with van der Waals surface area (Å²) in [6.45, 7) is 0. The summed E-state index contributed by atoms with van der Waals surface area (Å²) in [4.78, 5) is 24.8. The first kappa shape index (κ1) is 19.1. The number of thiophene rings is 1. The van der Waals surface area contributed by atoms with Crippen LogP contribution in [0.5, 0.6) is 5.75 Å². The highest BCUT2D eigenvalue weighted by Crippen LogP contribution is 2.49. The Bertz CT molecular complexity index is 1120. The Kier molecular flexibility index (Phi) is 4.79. The fourth-order valence-electron chi connectivity index (χ4n) is 3.50. The Hall–Kier alpha value is -3.26. The van der Waals surface area contributed by atoms with E-state index in [2.05, 4.69) is 5.32 Å². The van der Waals surface area contributed by atoms with Gasteiger partial charge in [0.25, 0.3) is 0 Å². The van der Waals surface area contributed by atoms with Crippen LogP contribution in [0.2, 0.25) is 0 Å². The monoisotopic (exact) mass is 415 g/mol. The van der Waals surface area contributed by atoms with Crippen LogP contribution in [0.4, 0.5) is 14.5 Å². The zero-order valence-corrected chi connectivity index (χ0v) is 16.0. The van der Waals surface area contributed by atoms with Crippen LogP contribution >= 0.6 is 11.3 Å². The van der Waals surface area contributed by atoms with Gasteiger partial charge >= 0.3 is 5.97 Å². The van der Waals surface area contributed by atoms with Crippen molar-refractivity contribution in [3.05, 3.63) is 69.4 Å². The molecule has 1 aromatic heterocycles. The van der Waals surface area contributed by atoms with E-state index in [1.165, 1.54) is 7.11 Å². The molecule has 2 N–H and O–H groups in total. The third kappa shape index (κ3) is 3.36. The summed E-state index contributed by atoms with van der Waals surface area (Å²) in [6, 6.07) is 9.79.